The van der Waals surface area contributed by atoms with E-state index >= 15 is 0 Å². The second-order valence-corrected chi connectivity index (χ2v) is 21.8. The van der Waals surface area contributed by atoms with Gasteiger partial charge in [-0.3, -0.25) is 0 Å². The topological polar surface area (TPSA) is 124 Å². The maximum Gasteiger partial charge on any atom is 0.217 e. The van der Waals surface area contributed by atoms with Crippen LogP contribution in [0.25, 0.3) is 0 Å². The summed E-state index contributed by atoms with van der Waals surface area (Å²) in [6, 6.07) is 60.4. The number of halogens is 2. The van der Waals surface area contributed by atoms with Gasteiger partial charge in [-0.05, 0) is 109 Å². The Morgan fingerprint density at radius 1 is 0.463 bits per heavy atom. The van der Waals surface area contributed by atoms with Crippen molar-refractivity contribution in [3.8, 4) is 34.5 Å². The van der Waals surface area contributed by atoms with E-state index in [2.05, 4.69) is 54.8 Å². The highest BCUT2D eigenvalue weighted by Crippen LogP contribution is 2.52. The second-order valence-electron chi connectivity index (χ2n) is 20.9. The van der Waals surface area contributed by atoms with Crippen LogP contribution in [0.15, 0.2) is 215 Å². The number of aromatic hydroxyl groups is 2. The molecule has 15 heteroatoms. The van der Waals surface area contributed by atoms with Gasteiger partial charge < -0.3 is 29.2 Å². The highest BCUT2D eigenvalue weighted by atomic mass is 32.1. The van der Waals surface area contributed by atoms with Gasteiger partial charge in [0.15, 0.2) is 0 Å². The molecule has 6 unspecified atom stereocenters. The number of phenolic OH excluding ortho intramolecular Hbond substituents is 2. The van der Waals surface area contributed by atoms with E-state index in [0.717, 1.165) is 91.0 Å². The maximum atomic E-state index is 13.3. The third kappa shape index (κ3) is 10.0. The number of aryl methyl sites for hydroxylation is 2. The first kappa shape index (κ1) is 51.9. The Balaban J connectivity index is 0.000000115. The molecule has 12 nitrogen and oxygen atoms in total. The Morgan fingerprint density at radius 2 is 0.902 bits per heavy atom. The van der Waals surface area contributed by atoms with E-state index in [9.17, 15) is 19.0 Å². The quantitative estimate of drug-likeness (QED) is 0.161. The van der Waals surface area contributed by atoms with Crippen LogP contribution < -0.4 is 18.9 Å². The molecule has 0 saturated heterocycles. The summed E-state index contributed by atoms with van der Waals surface area (Å²) in [6.45, 7) is 4.05. The lowest BCUT2D eigenvalue weighted by Crippen LogP contribution is -2.33. The van der Waals surface area contributed by atoms with E-state index in [1.165, 1.54) is 29.8 Å². The highest BCUT2D eigenvalue weighted by Gasteiger charge is 2.44. The maximum absolute atomic E-state index is 13.3. The van der Waals surface area contributed by atoms with Crippen LogP contribution in [0.1, 0.15) is 117 Å². The Labute approximate surface area is 477 Å². The predicted octanol–water partition coefficient (Wildman–Crippen LogP) is 15.2. The van der Waals surface area contributed by atoms with Gasteiger partial charge in [-0.1, -0.05) is 126 Å². The number of nitrogens with zero attached hydrogens (tertiary/aromatic N) is 6. The number of thiophene rings is 1. The molecule has 7 heterocycles. The smallest absolute Gasteiger partial charge is 0.217 e. The minimum absolute atomic E-state index is 0.00471. The number of methoxy groups -OCH3 is 1. The van der Waals surface area contributed by atoms with Crippen molar-refractivity contribution in [3.05, 3.63) is 272 Å². The number of hydrogen-bond donors (Lipinski definition) is 2. The molecule has 0 fully saturated rings. The molecule has 0 spiro atoms. The molecule has 410 valence electrons. The molecule has 0 radical (unpaired) electrons. The van der Waals surface area contributed by atoms with Gasteiger partial charge in [0.25, 0.3) is 0 Å². The van der Waals surface area contributed by atoms with Crippen LogP contribution in [-0.4, -0.2) is 49.5 Å². The van der Waals surface area contributed by atoms with Gasteiger partial charge in [0.05, 0.1) is 58.4 Å². The van der Waals surface area contributed by atoms with Gasteiger partial charge in [-0.25, -0.2) is 23.8 Å². The predicted molar refractivity (Wildman–Crippen MR) is 312 cm³/mol. The summed E-state index contributed by atoms with van der Waals surface area (Å²) in [6.07, 6.45) is 0.949. The first-order valence-electron chi connectivity index (χ1n) is 27.2. The largest absolute Gasteiger partial charge is 0.507 e. The standard InChI is InChI=1S/C23H19FN2O2.C23H19FN2O.C21H18N2O3S/c1-14-6-11-21(27)18(12-14)23-26-20(17-4-2-3-5-22(17)28-23)13-19(25-26)15-7-9-16(24)10-8-15;1-15-6-8-17(9-7-15)23-26-21(19-4-2-3-5-22(19)27-23)14-20(25-26)16-10-12-18(24)13-11-16;1-25-13-8-9-18(24)15(11-13)21-23-17(14-5-2-3-6-19(14)26-21)12-16(22-23)20-7-4-10-27-20/h2-12,20,23,27H,13H2,1H3;2-13,21,23H,14H2,1H3;2-11,17,21,24H,12H2,1H3. The molecule has 1 aromatic heterocycles. The van der Waals surface area contributed by atoms with Crippen molar-refractivity contribution in [2.75, 3.05) is 7.11 Å². The lowest BCUT2D eigenvalue weighted by Gasteiger charge is -2.38. The van der Waals surface area contributed by atoms with Crippen molar-refractivity contribution < 1.29 is 37.9 Å². The van der Waals surface area contributed by atoms with Crippen molar-refractivity contribution in [2.45, 2.75) is 69.9 Å². The van der Waals surface area contributed by atoms with E-state index < -0.39 is 12.5 Å². The van der Waals surface area contributed by atoms with E-state index in [1.54, 1.807) is 60.9 Å². The summed E-state index contributed by atoms with van der Waals surface area (Å²) in [7, 11) is 1.61. The third-order valence-electron chi connectivity index (χ3n) is 15.6. The zero-order valence-corrected chi connectivity index (χ0v) is 45.8. The van der Waals surface area contributed by atoms with Gasteiger partial charge in [0.1, 0.15) is 46.1 Å². The Bertz CT molecular complexity index is 3910. The Hall–Kier alpha value is -9.47. The van der Waals surface area contributed by atoms with Gasteiger partial charge in [0, 0.05) is 41.5 Å². The minimum Gasteiger partial charge on any atom is -0.507 e. The first-order valence-corrected chi connectivity index (χ1v) is 28.0. The molecule has 6 atom stereocenters. The molecule has 15 rings (SSSR count). The van der Waals surface area contributed by atoms with Crippen molar-refractivity contribution in [1.82, 2.24) is 15.0 Å². The number of fused-ring (bicyclic) bond motifs is 9. The molecule has 8 aromatic carbocycles. The fourth-order valence-corrected chi connectivity index (χ4v) is 12.1. The number of hydrogen-bond acceptors (Lipinski definition) is 13. The molecule has 9 aromatic rings. The van der Waals surface area contributed by atoms with Crippen molar-refractivity contribution in [2.24, 2.45) is 15.3 Å². The molecular formula is C67H56F2N6O6S. The fraction of sp³-hybridized carbons (Fsp3) is 0.179. The number of benzene rings is 8. The molecule has 6 aliphatic rings. The van der Waals surface area contributed by atoms with Gasteiger partial charge >= 0.3 is 0 Å². The van der Waals surface area contributed by atoms with Crippen LogP contribution in [0.4, 0.5) is 8.78 Å². The zero-order valence-electron chi connectivity index (χ0n) is 45.0. The molecule has 0 aliphatic carbocycles. The van der Waals surface area contributed by atoms with Crippen molar-refractivity contribution in [1.29, 1.82) is 0 Å². The number of rotatable bonds is 7. The summed E-state index contributed by atoms with van der Waals surface area (Å²) >= 11 is 1.69. The molecule has 0 saturated carbocycles. The average molecular weight is 1110 g/mol. The molecule has 2 N–H and O–H groups in total. The second kappa shape index (κ2) is 21.9. The average Bonchev–Trinajstić information content (AvgIpc) is 4.03. The summed E-state index contributed by atoms with van der Waals surface area (Å²) < 4.78 is 50.9. The zero-order chi connectivity index (χ0) is 56.0. The fourth-order valence-electron chi connectivity index (χ4n) is 11.4. The number of phenols is 2. The Morgan fingerprint density at radius 3 is 1.40 bits per heavy atom. The first-order chi connectivity index (χ1) is 40.0. The van der Waals surface area contributed by atoms with Gasteiger partial charge in [-0.15, -0.1) is 11.3 Å². The van der Waals surface area contributed by atoms with Crippen LogP contribution in [0.5, 0.6) is 34.5 Å². The van der Waals surface area contributed by atoms with Crippen molar-refractivity contribution in [3.63, 3.8) is 0 Å². The van der Waals surface area contributed by atoms with Gasteiger partial charge in [-0.2, -0.15) is 15.3 Å². The monoisotopic (exact) mass is 1110 g/mol. The van der Waals surface area contributed by atoms with E-state index in [0.29, 0.717) is 23.3 Å². The highest BCUT2D eigenvalue weighted by molar-refractivity contribution is 7.12. The van der Waals surface area contributed by atoms with Crippen LogP contribution in [0.2, 0.25) is 0 Å². The summed E-state index contributed by atoms with van der Waals surface area (Å²) in [5, 5.41) is 43.6. The Kier molecular flexibility index (Phi) is 13.9. The van der Waals surface area contributed by atoms with Crippen LogP contribution in [-0.2, 0) is 0 Å². The van der Waals surface area contributed by atoms with E-state index in [4.69, 9.17) is 34.3 Å². The SMILES string of the molecule is COc1ccc(O)c(C2Oc3ccccc3C3CC(c4cccs4)=NN32)c1.Cc1ccc(C2Oc3ccccc3C3CC(c4ccc(F)cc4)=NN32)cc1.Cc1ccc(O)c(C2Oc3ccccc3C3CC(c4ccc(F)cc4)=NN32)c1. The summed E-state index contributed by atoms with van der Waals surface area (Å²) in [5.74, 6) is 3.04. The van der Waals surface area contributed by atoms with Crippen molar-refractivity contribution >= 4 is 28.5 Å². The van der Waals surface area contributed by atoms with Crippen LogP contribution in [0.3, 0.4) is 0 Å². The lowest BCUT2D eigenvalue weighted by atomic mass is 9.95. The third-order valence-corrected chi connectivity index (χ3v) is 16.5. The van der Waals surface area contributed by atoms with Crippen LogP contribution >= 0.6 is 11.3 Å². The number of hydrazone groups is 3. The molecule has 6 aliphatic heterocycles. The van der Waals surface area contributed by atoms with Crippen LogP contribution in [0, 0.1) is 25.5 Å². The molecular weight excluding hydrogens is 1050 g/mol. The normalized spacial score (nSPS) is 20.4. The molecule has 82 heavy (non-hydrogen) atoms. The van der Waals surface area contributed by atoms with E-state index in [-0.39, 0.29) is 47.5 Å². The molecule has 0 amide bonds. The molecule has 0 bridgehead atoms. The summed E-state index contributed by atoms with van der Waals surface area (Å²) in [4.78, 5) is 1.16. The lowest BCUT2D eigenvalue weighted by molar-refractivity contribution is -0.0205. The number of ether oxygens (including phenoxy) is 4. The summed E-state index contributed by atoms with van der Waals surface area (Å²) in [5.41, 5.74) is 12.7. The van der Waals surface area contributed by atoms with Gasteiger partial charge in [0.2, 0.25) is 18.7 Å². The minimum atomic E-state index is -0.530. The van der Waals surface area contributed by atoms with E-state index in [1.807, 2.05) is 107 Å². The number of para-hydroxylation sites is 3.